The Balaban J connectivity index is 2.21. The van der Waals surface area contributed by atoms with Crippen molar-refractivity contribution >= 4 is 17.4 Å². The molecule has 3 heteroatoms. The molecule has 0 N–H and O–H groups in total. The first kappa shape index (κ1) is 9.66. The zero-order valence-corrected chi connectivity index (χ0v) is 8.30. The number of carbonyl (C=O) groups is 1. The summed E-state index contributed by atoms with van der Waals surface area (Å²) in [5, 5.41) is -0.816. The largest absolute Gasteiger partial charge is 0.297 e. The predicted molar refractivity (Wildman–Crippen MR) is 52.7 cm³/mol. The van der Waals surface area contributed by atoms with Gasteiger partial charge in [-0.1, -0.05) is 18.2 Å². The van der Waals surface area contributed by atoms with E-state index in [1.165, 1.54) is 6.07 Å². The molecule has 0 unspecified atom stereocenters. The molecular formula is C11H10ClFO. The standard InChI is InChI=1S/C11H10ClFO/c12-10(11(14)7-5-6-7)8-3-1-2-4-9(8)13/h1-4,7,10H,5-6H2/t10-/m1/s1. The Bertz CT molecular complexity index is 360. The molecule has 1 aromatic rings. The van der Waals surface area contributed by atoms with Crippen LogP contribution in [0, 0.1) is 11.7 Å². The molecule has 1 aliphatic carbocycles. The molecule has 74 valence electrons. The summed E-state index contributed by atoms with van der Waals surface area (Å²) in [5.74, 6) is -0.379. The Labute approximate surface area is 86.9 Å². The molecule has 0 bridgehead atoms. The van der Waals surface area contributed by atoms with Crippen molar-refractivity contribution in [3.8, 4) is 0 Å². The van der Waals surface area contributed by atoms with Gasteiger partial charge in [0.15, 0.2) is 5.78 Å². The third-order valence-corrected chi connectivity index (χ3v) is 2.86. The average Bonchev–Trinajstić information content (AvgIpc) is 3.00. The number of Topliss-reactive ketones (excluding diaryl/α,β-unsaturated/α-hetero) is 1. The number of carbonyl (C=O) groups excluding carboxylic acids is 1. The maximum atomic E-state index is 13.2. The van der Waals surface area contributed by atoms with Crippen LogP contribution in [0.4, 0.5) is 4.39 Å². The summed E-state index contributed by atoms with van der Waals surface area (Å²) >= 11 is 5.91. The van der Waals surface area contributed by atoms with E-state index in [0.29, 0.717) is 5.56 Å². The summed E-state index contributed by atoms with van der Waals surface area (Å²) < 4.78 is 13.2. The van der Waals surface area contributed by atoms with Crippen molar-refractivity contribution < 1.29 is 9.18 Å². The molecule has 0 saturated heterocycles. The fourth-order valence-electron chi connectivity index (χ4n) is 1.41. The van der Waals surface area contributed by atoms with E-state index in [-0.39, 0.29) is 11.7 Å². The predicted octanol–water partition coefficient (Wildman–Crippen LogP) is 3.08. The maximum Gasteiger partial charge on any atom is 0.158 e. The monoisotopic (exact) mass is 212 g/mol. The number of hydrogen-bond acceptors (Lipinski definition) is 1. The van der Waals surface area contributed by atoms with Crippen LogP contribution in [0.3, 0.4) is 0 Å². The van der Waals surface area contributed by atoms with E-state index in [4.69, 9.17) is 11.6 Å². The number of benzene rings is 1. The minimum absolute atomic E-state index is 0.0447. The lowest BCUT2D eigenvalue weighted by Gasteiger charge is -2.08. The van der Waals surface area contributed by atoms with E-state index >= 15 is 0 Å². The van der Waals surface area contributed by atoms with Crippen LogP contribution >= 0.6 is 11.6 Å². The van der Waals surface area contributed by atoms with Crippen molar-refractivity contribution in [2.75, 3.05) is 0 Å². The molecular weight excluding hydrogens is 203 g/mol. The Kier molecular flexibility index (Phi) is 2.55. The van der Waals surface area contributed by atoms with Gasteiger partial charge in [0.1, 0.15) is 11.2 Å². The highest BCUT2D eigenvalue weighted by Gasteiger charge is 2.35. The molecule has 0 radical (unpaired) electrons. The van der Waals surface area contributed by atoms with Crippen LogP contribution in [0.5, 0.6) is 0 Å². The lowest BCUT2D eigenvalue weighted by atomic mass is 10.1. The number of ketones is 1. The molecule has 0 heterocycles. The summed E-state index contributed by atoms with van der Waals surface area (Å²) in [4.78, 5) is 11.6. The van der Waals surface area contributed by atoms with Gasteiger partial charge in [-0.25, -0.2) is 4.39 Å². The van der Waals surface area contributed by atoms with Crippen LogP contribution in [0.15, 0.2) is 24.3 Å². The van der Waals surface area contributed by atoms with E-state index in [0.717, 1.165) is 12.8 Å². The van der Waals surface area contributed by atoms with Gasteiger partial charge in [-0.05, 0) is 18.9 Å². The first-order valence-electron chi connectivity index (χ1n) is 4.62. The molecule has 1 aliphatic rings. The number of halogens is 2. The zero-order valence-electron chi connectivity index (χ0n) is 7.54. The van der Waals surface area contributed by atoms with E-state index in [1.807, 2.05) is 0 Å². The van der Waals surface area contributed by atoms with Gasteiger partial charge < -0.3 is 0 Å². The smallest absolute Gasteiger partial charge is 0.158 e. The summed E-state index contributed by atoms with van der Waals surface area (Å²) in [7, 11) is 0. The Morgan fingerprint density at radius 3 is 2.64 bits per heavy atom. The second kappa shape index (κ2) is 3.70. The van der Waals surface area contributed by atoms with E-state index in [2.05, 4.69) is 0 Å². The van der Waals surface area contributed by atoms with Gasteiger partial charge in [0, 0.05) is 11.5 Å². The van der Waals surface area contributed by atoms with Gasteiger partial charge in [-0.3, -0.25) is 4.79 Å². The summed E-state index contributed by atoms with van der Waals surface area (Å²) in [6.07, 6.45) is 1.80. The number of hydrogen-bond donors (Lipinski definition) is 0. The van der Waals surface area contributed by atoms with E-state index in [1.54, 1.807) is 18.2 Å². The van der Waals surface area contributed by atoms with Crippen LogP contribution < -0.4 is 0 Å². The summed E-state index contributed by atoms with van der Waals surface area (Å²) in [5.41, 5.74) is 0.297. The summed E-state index contributed by atoms with van der Waals surface area (Å²) in [6, 6.07) is 6.16. The van der Waals surface area contributed by atoms with Crippen molar-refractivity contribution in [2.24, 2.45) is 5.92 Å². The second-order valence-electron chi connectivity index (χ2n) is 3.56. The fraction of sp³-hybridized carbons (Fsp3) is 0.364. The lowest BCUT2D eigenvalue weighted by Crippen LogP contribution is -2.10. The highest BCUT2D eigenvalue weighted by molar-refractivity contribution is 6.31. The van der Waals surface area contributed by atoms with E-state index in [9.17, 15) is 9.18 Å². The quantitative estimate of drug-likeness (QED) is 0.704. The molecule has 1 aromatic carbocycles. The van der Waals surface area contributed by atoms with Crippen LogP contribution in [0.25, 0.3) is 0 Å². The summed E-state index contributed by atoms with van der Waals surface area (Å²) in [6.45, 7) is 0. The maximum absolute atomic E-state index is 13.2. The molecule has 0 amide bonds. The van der Waals surface area contributed by atoms with Crippen LogP contribution in [0.1, 0.15) is 23.8 Å². The molecule has 0 spiro atoms. The van der Waals surface area contributed by atoms with Crippen molar-refractivity contribution in [2.45, 2.75) is 18.2 Å². The average molecular weight is 213 g/mol. The minimum atomic E-state index is -0.816. The molecule has 0 aromatic heterocycles. The molecule has 14 heavy (non-hydrogen) atoms. The molecule has 2 rings (SSSR count). The molecule has 0 aliphatic heterocycles. The van der Waals surface area contributed by atoms with Gasteiger partial charge in [-0.15, -0.1) is 11.6 Å². The molecule has 1 atom stereocenters. The molecule has 1 nitrogen and oxygen atoms in total. The minimum Gasteiger partial charge on any atom is -0.297 e. The topological polar surface area (TPSA) is 17.1 Å². The third kappa shape index (κ3) is 1.80. The van der Waals surface area contributed by atoms with E-state index < -0.39 is 11.2 Å². The lowest BCUT2D eigenvalue weighted by molar-refractivity contribution is -0.120. The molecule has 1 saturated carbocycles. The van der Waals surface area contributed by atoms with Gasteiger partial charge in [0.05, 0.1) is 0 Å². The Hall–Kier alpha value is -0.890. The van der Waals surface area contributed by atoms with Crippen molar-refractivity contribution in [3.05, 3.63) is 35.6 Å². The number of alkyl halides is 1. The SMILES string of the molecule is O=C(C1CC1)[C@H](Cl)c1ccccc1F. The van der Waals surface area contributed by atoms with Crippen molar-refractivity contribution in [1.29, 1.82) is 0 Å². The Morgan fingerprint density at radius 1 is 1.43 bits per heavy atom. The van der Waals surface area contributed by atoms with Crippen LogP contribution in [0.2, 0.25) is 0 Å². The second-order valence-corrected chi connectivity index (χ2v) is 4.00. The first-order valence-corrected chi connectivity index (χ1v) is 5.06. The third-order valence-electron chi connectivity index (χ3n) is 2.41. The zero-order chi connectivity index (χ0) is 10.1. The van der Waals surface area contributed by atoms with Gasteiger partial charge in [0.25, 0.3) is 0 Å². The van der Waals surface area contributed by atoms with Crippen LogP contribution in [-0.2, 0) is 4.79 Å². The highest BCUT2D eigenvalue weighted by Crippen LogP contribution is 2.37. The highest BCUT2D eigenvalue weighted by atomic mass is 35.5. The van der Waals surface area contributed by atoms with Crippen molar-refractivity contribution in [3.63, 3.8) is 0 Å². The van der Waals surface area contributed by atoms with Gasteiger partial charge in [-0.2, -0.15) is 0 Å². The van der Waals surface area contributed by atoms with Crippen LogP contribution in [-0.4, -0.2) is 5.78 Å². The van der Waals surface area contributed by atoms with Crippen molar-refractivity contribution in [1.82, 2.24) is 0 Å². The normalized spacial score (nSPS) is 17.9. The van der Waals surface area contributed by atoms with Gasteiger partial charge in [0.2, 0.25) is 0 Å². The van der Waals surface area contributed by atoms with Gasteiger partial charge >= 0.3 is 0 Å². The molecule has 1 fully saturated rings. The fourth-order valence-corrected chi connectivity index (χ4v) is 1.76. The Morgan fingerprint density at radius 2 is 2.07 bits per heavy atom. The number of rotatable bonds is 3. The first-order chi connectivity index (χ1) is 6.70.